The highest BCUT2D eigenvalue weighted by molar-refractivity contribution is 6.31. The standard InChI is InChI=1S/C20H11ClFN5/c1-23-13-5-7-18-15(9-13)20(25-14-4-6-17(22)16(21)10-14)27-19(26-18)12-3-2-8-24-11-12/h2-11H,(H,25,26,27). The molecule has 0 aliphatic carbocycles. The molecule has 1 N–H and O–H groups in total. The van der Waals surface area contributed by atoms with E-state index >= 15 is 0 Å². The first-order chi connectivity index (χ1) is 13.1. The molecule has 0 atom stereocenters. The Labute approximate surface area is 159 Å². The summed E-state index contributed by atoms with van der Waals surface area (Å²) >= 11 is 5.88. The van der Waals surface area contributed by atoms with Crippen molar-refractivity contribution in [3.63, 3.8) is 0 Å². The van der Waals surface area contributed by atoms with E-state index in [0.29, 0.717) is 33.9 Å². The first-order valence-corrected chi connectivity index (χ1v) is 8.33. The van der Waals surface area contributed by atoms with Crippen molar-refractivity contribution in [3.05, 3.63) is 83.2 Å². The molecule has 0 unspecified atom stereocenters. The quantitative estimate of drug-likeness (QED) is 0.461. The van der Waals surface area contributed by atoms with Gasteiger partial charge in [0.1, 0.15) is 11.6 Å². The molecule has 27 heavy (non-hydrogen) atoms. The van der Waals surface area contributed by atoms with Gasteiger partial charge in [-0.2, -0.15) is 0 Å². The summed E-state index contributed by atoms with van der Waals surface area (Å²) in [4.78, 5) is 16.7. The zero-order valence-electron chi connectivity index (χ0n) is 13.8. The lowest BCUT2D eigenvalue weighted by Crippen LogP contribution is -2.00. The van der Waals surface area contributed by atoms with Crippen molar-refractivity contribution in [1.29, 1.82) is 0 Å². The second-order valence-electron chi connectivity index (χ2n) is 5.70. The van der Waals surface area contributed by atoms with Crippen molar-refractivity contribution in [3.8, 4) is 11.4 Å². The van der Waals surface area contributed by atoms with Gasteiger partial charge in [0.2, 0.25) is 0 Å². The van der Waals surface area contributed by atoms with Gasteiger partial charge in [-0.25, -0.2) is 19.2 Å². The summed E-state index contributed by atoms with van der Waals surface area (Å²) < 4.78 is 13.4. The molecule has 0 spiro atoms. The molecule has 7 heteroatoms. The van der Waals surface area contributed by atoms with Crippen LogP contribution >= 0.6 is 11.6 Å². The monoisotopic (exact) mass is 375 g/mol. The Bertz CT molecular complexity index is 1190. The van der Waals surface area contributed by atoms with Crippen LogP contribution < -0.4 is 5.32 Å². The molecule has 0 bridgehead atoms. The number of benzene rings is 2. The third-order valence-electron chi connectivity index (χ3n) is 3.91. The Balaban J connectivity index is 1.89. The lowest BCUT2D eigenvalue weighted by Gasteiger charge is -2.12. The van der Waals surface area contributed by atoms with Crippen molar-refractivity contribution < 1.29 is 4.39 Å². The highest BCUT2D eigenvalue weighted by Gasteiger charge is 2.11. The van der Waals surface area contributed by atoms with Crippen LogP contribution in [0.3, 0.4) is 0 Å². The lowest BCUT2D eigenvalue weighted by atomic mass is 10.2. The van der Waals surface area contributed by atoms with E-state index in [1.54, 1.807) is 42.7 Å². The van der Waals surface area contributed by atoms with Crippen LogP contribution in [0.15, 0.2) is 60.9 Å². The van der Waals surface area contributed by atoms with Gasteiger partial charge in [-0.1, -0.05) is 17.7 Å². The number of anilines is 2. The fraction of sp³-hybridized carbons (Fsp3) is 0. The van der Waals surface area contributed by atoms with Crippen LogP contribution in [0.1, 0.15) is 0 Å². The summed E-state index contributed by atoms with van der Waals surface area (Å²) in [6, 6.07) is 13.2. The third-order valence-corrected chi connectivity index (χ3v) is 4.20. The number of pyridine rings is 1. The van der Waals surface area contributed by atoms with Crippen molar-refractivity contribution in [2.24, 2.45) is 0 Å². The molecule has 5 nitrogen and oxygen atoms in total. The lowest BCUT2D eigenvalue weighted by molar-refractivity contribution is 0.628. The summed E-state index contributed by atoms with van der Waals surface area (Å²) in [5, 5.41) is 3.84. The molecule has 2 aromatic carbocycles. The normalized spacial score (nSPS) is 10.6. The molecule has 4 aromatic rings. The molecule has 0 saturated heterocycles. The molecule has 2 aromatic heterocycles. The molecule has 0 fully saturated rings. The van der Waals surface area contributed by atoms with Crippen LogP contribution in [-0.2, 0) is 0 Å². The highest BCUT2D eigenvalue weighted by Crippen LogP contribution is 2.31. The summed E-state index contributed by atoms with van der Waals surface area (Å²) in [6.45, 7) is 7.24. The molecule has 0 amide bonds. The zero-order chi connectivity index (χ0) is 18.8. The minimum Gasteiger partial charge on any atom is -0.340 e. The van der Waals surface area contributed by atoms with Crippen molar-refractivity contribution in [2.45, 2.75) is 0 Å². The number of nitrogens with one attached hydrogen (secondary N) is 1. The number of hydrogen-bond donors (Lipinski definition) is 1. The van der Waals surface area contributed by atoms with E-state index in [1.807, 2.05) is 6.07 Å². The summed E-state index contributed by atoms with van der Waals surface area (Å²) in [6.07, 6.45) is 3.35. The van der Waals surface area contributed by atoms with E-state index in [2.05, 4.69) is 25.1 Å². The Kier molecular flexibility index (Phi) is 4.37. The molecule has 0 saturated carbocycles. The topological polar surface area (TPSA) is 55.1 Å². The van der Waals surface area contributed by atoms with Gasteiger partial charge >= 0.3 is 0 Å². The van der Waals surface area contributed by atoms with E-state index in [4.69, 9.17) is 18.2 Å². The van der Waals surface area contributed by atoms with Gasteiger partial charge in [0.05, 0.1) is 17.1 Å². The average molecular weight is 376 g/mol. The van der Waals surface area contributed by atoms with E-state index in [1.165, 1.54) is 12.1 Å². The van der Waals surface area contributed by atoms with Crippen LogP contribution in [0.4, 0.5) is 21.6 Å². The third kappa shape index (κ3) is 3.41. The first kappa shape index (κ1) is 16.9. The zero-order valence-corrected chi connectivity index (χ0v) is 14.6. The Hall–Kier alpha value is -3.56. The maximum Gasteiger partial charge on any atom is 0.188 e. The van der Waals surface area contributed by atoms with E-state index < -0.39 is 5.82 Å². The Morgan fingerprint density at radius 3 is 2.70 bits per heavy atom. The van der Waals surface area contributed by atoms with Gasteiger partial charge in [-0.3, -0.25) is 4.98 Å². The van der Waals surface area contributed by atoms with Gasteiger partial charge in [-0.05, 0) is 42.5 Å². The molecule has 130 valence electrons. The summed E-state index contributed by atoms with van der Waals surface area (Å²) in [5.41, 5.74) is 2.48. The van der Waals surface area contributed by atoms with Crippen LogP contribution in [0.25, 0.3) is 27.1 Å². The second kappa shape index (κ2) is 6.98. The number of aromatic nitrogens is 3. The largest absolute Gasteiger partial charge is 0.340 e. The highest BCUT2D eigenvalue weighted by atomic mass is 35.5. The average Bonchev–Trinajstić information content (AvgIpc) is 2.71. The molecule has 0 aliphatic heterocycles. The molecule has 4 rings (SSSR count). The van der Waals surface area contributed by atoms with Crippen LogP contribution in [0.5, 0.6) is 0 Å². The second-order valence-corrected chi connectivity index (χ2v) is 6.11. The maximum atomic E-state index is 13.4. The predicted molar refractivity (Wildman–Crippen MR) is 104 cm³/mol. The fourth-order valence-electron chi connectivity index (χ4n) is 2.62. The minimum absolute atomic E-state index is 0.00712. The van der Waals surface area contributed by atoms with Gasteiger partial charge in [0.15, 0.2) is 11.5 Å². The van der Waals surface area contributed by atoms with Gasteiger partial charge < -0.3 is 5.32 Å². The maximum absolute atomic E-state index is 13.4. The van der Waals surface area contributed by atoms with Gasteiger partial charge in [0, 0.05) is 29.0 Å². The van der Waals surface area contributed by atoms with E-state index in [-0.39, 0.29) is 5.02 Å². The summed E-state index contributed by atoms with van der Waals surface area (Å²) in [5.74, 6) is 0.481. The predicted octanol–water partition coefficient (Wildman–Crippen LogP) is 5.78. The fourth-order valence-corrected chi connectivity index (χ4v) is 2.80. The number of rotatable bonds is 3. The SMILES string of the molecule is [C-]#[N+]c1ccc2nc(-c3cccnc3)nc(Nc3ccc(F)c(Cl)c3)c2c1. The molecular weight excluding hydrogens is 365 g/mol. The molecule has 2 heterocycles. The Morgan fingerprint density at radius 1 is 1.07 bits per heavy atom. The number of hydrogen-bond acceptors (Lipinski definition) is 4. The molecule has 0 radical (unpaired) electrons. The van der Waals surface area contributed by atoms with E-state index in [0.717, 1.165) is 5.56 Å². The van der Waals surface area contributed by atoms with E-state index in [9.17, 15) is 4.39 Å². The first-order valence-electron chi connectivity index (χ1n) is 7.96. The number of nitrogens with zero attached hydrogens (tertiary/aromatic N) is 4. The van der Waals surface area contributed by atoms with Crippen LogP contribution in [0.2, 0.25) is 5.02 Å². The van der Waals surface area contributed by atoms with Crippen molar-refractivity contribution >= 4 is 39.7 Å². The summed E-state index contributed by atoms with van der Waals surface area (Å²) in [7, 11) is 0. The number of halogens is 2. The van der Waals surface area contributed by atoms with Crippen LogP contribution in [0, 0.1) is 12.4 Å². The molecular formula is C20H11ClFN5. The van der Waals surface area contributed by atoms with Gasteiger partial charge in [-0.15, -0.1) is 0 Å². The van der Waals surface area contributed by atoms with Crippen LogP contribution in [-0.4, -0.2) is 15.0 Å². The van der Waals surface area contributed by atoms with Crippen molar-refractivity contribution in [2.75, 3.05) is 5.32 Å². The smallest absolute Gasteiger partial charge is 0.188 e. The molecule has 0 aliphatic rings. The number of fused-ring (bicyclic) bond motifs is 1. The van der Waals surface area contributed by atoms with Crippen molar-refractivity contribution in [1.82, 2.24) is 15.0 Å². The Morgan fingerprint density at radius 2 is 1.96 bits per heavy atom. The van der Waals surface area contributed by atoms with Gasteiger partial charge in [0.25, 0.3) is 0 Å². The minimum atomic E-state index is -0.499.